The van der Waals surface area contributed by atoms with Gasteiger partial charge in [0.05, 0.1) is 22.2 Å². The molecule has 0 radical (unpaired) electrons. The lowest BCUT2D eigenvalue weighted by molar-refractivity contribution is -0.137. The third-order valence-corrected chi connectivity index (χ3v) is 6.63. The number of rotatable bonds is 4. The van der Waals surface area contributed by atoms with Crippen molar-refractivity contribution in [2.75, 3.05) is 10.2 Å². The van der Waals surface area contributed by atoms with Gasteiger partial charge in [-0.3, -0.25) is 14.5 Å². The van der Waals surface area contributed by atoms with E-state index in [9.17, 15) is 22.8 Å². The van der Waals surface area contributed by atoms with Crippen LogP contribution in [0.15, 0.2) is 79.3 Å². The molecule has 2 heterocycles. The maximum absolute atomic E-state index is 13.9. The molecule has 1 aromatic heterocycles. The summed E-state index contributed by atoms with van der Waals surface area (Å²) in [6.07, 6.45) is -1.87. The summed E-state index contributed by atoms with van der Waals surface area (Å²) < 4.78 is 41.8. The van der Waals surface area contributed by atoms with Crippen LogP contribution in [0.4, 0.5) is 30.4 Å². The van der Waals surface area contributed by atoms with E-state index in [-0.39, 0.29) is 5.91 Å². The number of nitrogens with one attached hydrogen (secondary N) is 1. The van der Waals surface area contributed by atoms with Gasteiger partial charge in [-0.1, -0.05) is 35.9 Å². The lowest BCUT2D eigenvalue weighted by atomic mass is 9.81. The van der Waals surface area contributed by atoms with Crippen LogP contribution in [0.3, 0.4) is 0 Å². The smallest absolute Gasteiger partial charge is 0.322 e. The normalized spacial score (nSPS) is 14.4. The first kappa shape index (κ1) is 25.1. The van der Waals surface area contributed by atoms with Gasteiger partial charge < -0.3 is 5.32 Å². The van der Waals surface area contributed by atoms with Gasteiger partial charge in [-0.05, 0) is 73.9 Å². The van der Waals surface area contributed by atoms with Crippen molar-refractivity contribution in [3.8, 4) is 11.1 Å². The summed E-state index contributed by atoms with van der Waals surface area (Å²) in [6, 6.07) is 17.1. The summed E-state index contributed by atoms with van der Waals surface area (Å²) >= 11 is 0. The van der Waals surface area contributed by atoms with Crippen molar-refractivity contribution in [3.63, 3.8) is 0 Å². The molecule has 192 valence electrons. The van der Waals surface area contributed by atoms with E-state index in [0.717, 1.165) is 11.6 Å². The molecule has 5 rings (SSSR count). The molecule has 6 nitrogen and oxygen atoms in total. The molecule has 0 saturated heterocycles. The number of benzene rings is 3. The number of nitrogens with zero attached hydrogens (tertiary/aromatic N) is 3. The van der Waals surface area contributed by atoms with Crippen molar-refractivity contribution in [1.82, 2.24) is 9.97 Å². The average molecular weight is 517 g/mol. The van der Waals surface area contributed by atoms with Crippen LogP contribution < -0.4 is 10.2 Å². The number of carbonyl (C=O) groups is 2. The highest BCUT2D eigenvalue weighted by Crippen LogP contribution is 2.49. The van der Waals surface area contributed by atoms with Gasteiger partial charge in [-0.25, -0.2) is 9.97 Å². The molecule has 0 aliphatic carbocycles. The summed E-state index contributed by atoms with van der Waals surface area (Å²) in [5.74, 6) is -0.726. The Hall–Kier alpha value is -4.53. The first-order valence-corrected chi connectivity index (χ1v) is 11.8. The Kier molecular flexibility index (Phi) is 6.01. The molecular weight excluding hydrogens is 493 g/mol. The van der Waals surface area contributed by atoms with E-state index >= 15 is 0 Å². The van der Waals surface area contributed by atoms with Crippen molar-refractivity contribution in [1.29, 1.82) is 0 Å². The molecule has 38 heavy (non-hydrogen) atoms. The second-order valence-corrected chi connectivity index (χ2v) is 9.61. The molecule has 9 heteroatoms. The minimum absolute atomic E-state index is 0.233. The number of amides is 2. The van der Waals surface area contributed by atoms with Gasteiger partial charge in [-0.2, -0.15) is 13.2 Å². The monoisotopic (exact) mass is 516 g/mol. The molecule has 0 unspecified atom stereocenters. The number of hydrogen-bond acceptors (Lipinski definition) is 4. The quantitative estimate of drug-likeness (QED) is 0.328. The maximum Gasteiger partial charge on any atom is 0.417 e. The zero-order valence-corrected chi connectivity index (χ0v) is 20.8. The van der Waals surface area contributed by atoms with E-state index in [4.69, 9.17) is 0 Å². The Morgan fingerprint density at radius 3 is 2.39 bits per heavy atom. The SMILES string of the molecule is Cc1ccc(NC(=O)c2cc(-c3cccc4c3C(C)(C)C(=O)N4c3ccncn3)ccc2C(F)(F)F)cc1. The molecular formula is C29H23F3N4O2. The zero-order chi connectivity index (χ0) is 27.2. The summed E-state index contributed by atoms with van der Waals surface area (Å²) in [5, 5.41) is 2.57. The number of aryl methyl sites for hydroxylation is 1. The fourth-order valence-corrected chi connectivity index (χ4v) is 4.75. The third kappa shape index (κ3) is 4.30. The summed E-state index contributed by atoms with van der Waals surface area (Å²) in [5.41, 5.74) is 0.905. The average Bonchev–Trinajstić information content (AvgIpc) is 3.10. The third-order valence-electron chi connectivity index (χ3n) is 6.63. The number of fused-ring (bicyclic) bond motifs is 1. The van der Waals surface area contributed by atoms with Gasteiger partial charge >= 0.3 is 6.18 Å². The number of halogens is 3. The second-order valence-electron chi connectivity index (χ2n) is 9.61. The van der Waals surface area contributed by atoms with Crippen molar-refractivity contribution in [2.45, 2.75) is 32.4 Å². The minimum atomic E-state index is -4.74. The summed E-state index contributed by atoms with van der Waals surface area (Å²) in [6.45, 7) is 5.38. The molecule has 0 atom stereocenters. The van der Waals surface area contributed by atoms with E-state index in [0.29, 0.717) is 33.9 Å². The Morgan fingerprint density at radius 2 is 1.74 bits per heavy atom. The van der Waals surface area contributed by atoms with Crippen molar-refractivity contribution < 1.29 is 22.8 Å². The van der Waals surface area contributed by atoms with Crippen LogP contribution >= 0.6 is 0 Å². The topological polar surface area (TPSA) is 75.2 Å². The molecule has 0 saturated carbocycles. The molecule has 0 spiro atoms. The predicted octanol–water partition coefficient (Wildman–Crippen LogP) is 6.68. The lowest BCUT2D eigenvalue weighted by Crippen LogP contribution is -2.33. The number of aromatic nitrogens is 2. The molecule has 1 aliphatic rings. The van der Waals surface area contributed by atoms with Crippen molar-refractivity contribution in [2.24, 2.45) is 0 Å². The van der Waals surface area contributed by atoms with Gasteiger partial charge in [0, 0.05) is 11.9 Å². The maximum atomic E-state index is 13.9. The van der Waals surface area contributed by atoms with Gasteiger partial charge in [0.2, 0.25) is 5.91 Å². The number of anilines is 3. The van der Waals surface area contributed by atoms with Gasteiger partial charge in [0.15, 0.2) is 0 Å². The van der Waals surface area contributed by atoms with E-state index in [1.165, 1.54) is 29.6 Å². The Labute approximate surface area is 217 Å². The van der Waals surface area contributed by atoms with E-state index in [1.54, 1.807) is 62.4 Å². The van der Waals surface area contributed by atoms with Gasteiger partial charge in [0.25, 0.3) is 5.91 Å². The first-order valence-electron chi connectivity index (χ1n) is 11.8. The van der Waals surface area contributed by atoms with E-state index in [1.807, 2.05) is 6.92 Å². The molecule has 4 aromatic rings. The highest BCUT2D eigenvalue weighted by Gasteiger charge is 2.47. The summed E-state index contributed by atoms with van der Waals surface area (Å²) in [7, 11) is 0. The first-order chi connectivity index (χ1) is 18.0. The van der Waals surface area contributed by atoms with Gasteiger partial charge in [0.1, 0.15) is 12.1 Å². The largest absolute Gasteiger partial charge is 0.417 e. The Balaban J connectivity index is 1.64. The number of carbonyl (C=O) groups excluding carboxylic acids is 2. The van der Waals surface area contributed by atoms with Crippen LogP contribution in [-0.4, -0.2) is 21.8 Å². The molecule has 1 N–H and O–H groups in total. The molecule has 0 bridgehead atoms. The van der Waals surface area contributed by atoms with Crippen LogP contribution in [0.2, 0.25) is 0 Å². The standard InChI is InChI=1S/C29H23F3N4O2/c1-17-7-10-19(11-8-17)35-26(37)21-15-18(9-12-22(21)29(30,31)32)20-5-4-6-23-25(20)28(2,3)27(38)36(23)24-13-14-33-16-34-24/h4-16H,1-3H3,(H,35,37). The van der Waals surface area contributed by atoms with Crippen molar-refractivity contribution in [3.05, 3.63) is 102 Å². The van der Waals surface area contributed by atoms with Crippen LogP contribution in [-0.2, 0) is 16.4 Å². The Bertz CT molecular complexity index is 1550. The minimum Gasteiger partial charge on any atom is -0.322 e. The second kappa shape index (κ2) is 9.09. The number of alkyl halides is 3. The predicted molar refractivity (Wildman–Crippen MR) is 138 cm³/mol. The van der Waals surface area contributed by atoms with Crippen molar-refractivity contribution >= 4 is 29.0 Å². The van der Waals surface area contributed by atoms with Crippen LogP contribution in [0.5, 0.6) is 0 Å². The van der Waals surface area contributed by atoms with E-state index < -0.39 is 28.6 Å². The van der Waals surface area contributed by atoms with Crippen LogP contribution in [0.1, 0.15) is 40.9 Å². The highest BCUT2D eigenvalue weighted by molar-refractivity contribution is 6.14. The Morgan fingerprint density at radius 1 is 1.00 bits per heavy atom. The van der Waals surface area contributed by atoms with Gasteiger partial charge in [-0.15, -0.1) is 0 Å². The molecule has 1 aliphatic heterocycles. The lowest BCUT2D eigenvalue weighted by Gasteiger charge is -2.21. The molecule has 0 fully saturated rings. The molecule has 2 amide bonds. The van der Waals surface area contributed by atoms with Crippen LogP contribution in [0, 0.1) is 6.92 Å². The zero-order valence-electron chi connectivity index (χ0n) is 20.8. The highest BCUT2D eigenvalue weighted by atomic mass is 19.4. The fraction of sp³-hybridized carbons (Fsp3) is 0.172. The van der Waals surface area contributed by atoms with E-state index in [2.05, 4.69) is 15.3 Å². The summed E-state index contributed by atoms with van der Waals surface area (Å²) in [4.78, 5) is 36.2. The fourth-order valence-electron chi connectivity index (χ4n) is 4.75. The molecule has 3 aromatic carbocycles. The number of hydrogen-bond donors (Lipinski definition) is 1. The van der Waals surface area contributed by atoms with Crippen LogP contribution in [0.25, 0.3) is 11.1 Å².